The minimum Gasteiger partial charge on any atom is -0.462 e. The number of rotatable bonds is 5. The molecule has 21 heavy (non-hydrogen) atoms. The van der Waals surface area contributed by atoms with E-state index in [9.17, 15) is 9.90 Å². The number of anilines is 1. The summed E-state index contributed by atoms with van der Waals surface area (Å²) in [5, 5.41) is 13.4. The fraction of sp³-hybridized carbons (Fsp3) is 0.571. The summed E-state index contributed by atoms with van der Waals surface area (Å²) < 4.78 is 10.2. The van der Waals surface area contributed by atoms with Crippen LogP contribution in [0.2, 0.25) is 5.15 Å². The third-order valence-electron chi connectivity index (χ3n) is 3.50. The van der Waals surface area contributed by atoms with Crippen LogP contribution in [-0.4, -0.2) is 48.0 Å². The topological polar surface area (TPSA) is 80.7 Å². The molecular weight excluding hydrogens is 296 g/mol. The van der Waals surface area contributed by atoms with Crippen molar-refractivity contribution < 1.29 is 19.4 Å². The van der Waals surface area contributed by atoms with Crippen molar-refractivity contribution in [1.29, 1.82) is 0 Å². The number of hydrogen-bond donors (Lipinski definition) is 2. The molecule has 0 aromatic carbocycles. The van der Waals surface area contributed by atoms with Crippen LogP contribution in [0.5, 0.6) is 0 Å². The summed E-state index contributed by atoms with van der Waals surface area (Å²) in [5.41, 5.74) is 0.888. The molecule has 116 valence electrons. The van der Waals surface area contributed by atoms with Crippen molar-refractivity contribution in [2.24, 2.45) is 0 Å². The molecule has 3 atom stereocenters. The van der Waals surface area contributed by atoms with E-state index in [1.54, 1.807) is 20.1 Å². The van der Waals surface area contributed by atoms with Gasteiger partial charge in [0.1, 0.15) is 10.7 Å². The molecule has 0 aliphatic heterocycles. The molecule has 0 bridgehead atoms. The summed E-state index contributed by atoms with van der Waals surface area (Å²) in [6.07, 6.45) is 1.87. The minimum atomic E-state index is -0.518. The summed E-state index contributed by atoms with van der Waals surface area (Å²) in [6, 6.07) is 1.58. The molecule has 2 N–H and O–H groups in total. The number of aliphatic hydroxyl groups excluding tert-OH is 1. The van der Waals surface area contributed by atoms with E-state index in [1.807, 2.05) is 0 Å². The first kappa shape index (κ1) is 16.0. The lowest BCUT2D eigenvalue weighted by Crippen LogP contribution is -2.20. The van der Waals surface area contributed by atoms with Crippen LogP contribution < -0.4 is 5.32 Å². The molecule has 3 unspecified atom stereocenters. The maximum absolute atomic E-state index is 11.9. The van der Waals surface area contributed by atoms with Gasteiger partial charge in [0.25, 0.3) is 0 Å². The first-order valence-electron chi connectivity index (χ1n) is 6.85. The van der Waals surface area contributed by atoms with E-state index in [1.165, 1.54) is 6.20 Å². The fourth-order valence-corrected chi connectivity index (χ4v) is 2.65. The van der Waals surface area contributed by atoms with E-state index in [0.29, 0.717) is 24.1 Å². The highest BCUT2D eigenvalue weighted by atomic mass is 35.5. The number of pyridine rings is 1. The standard InChI is InChI=1S/C14H19ClN2O4/c1-3-21-14(19)9-7-16-13(15)6-10(9)17-8-4-11(18)12(5-8)20-2/h6-8,11-12,18H,3-5H2,1-2H3,(H,16,17). The summed E-state index contributed by atoms with van der Waals surface area (Å²) in [5.74, 6) is -0.453. The van der Waals surface area contributed by atoms with Crippen LogP contribution in [0, 0.1) is 0 Å². The molecule has 7 heteroatoms. The Bertz CT molecular complexity index is 512. The lowest BCUT2D eigenvalue weighted by atomic mass is 10.2. The number of aliphatic hydroxyl groups is 1. The number of halogens is 1. The van der Waals surface area contributed by atoms with E-state index in [0.717, 1.165) is 0 Å². The van der Waals surface area contributed by atoms with Gasteiger partial charge in [0.15, 0.2) is 0 Å². The number of esters is 1. The molecule has 0 saturated heterocycles. The predicted octanol–water partition coefficient (Wildman–Crippen LogP) is 1.86. The molecule has 1 aromatic heterocycles. The van der Waals surface area contributed by atoms with Crippen LogP contribution in [0.15, 0.2) is 12.3 Å². The third-order valence-corrected chi connectivity index (χ3v) is 3.71. The second-order valence-electron chi connectivity index (χ2n) is 4.93. The average molecular weight is 315 g/mol. The van der Waals surface area contributed by atoms with Gasteiger partial charge in [-0.15, -0.1) is 0 Å². The van der Waals surface area contributed by atoms with Gasteiger partial charge in [0.05, 0.1) is 24.5 Å². The molecule has 0 radical (unpaired) electrons. The number of nitrogens with zero attached hydrogens (tertiary/aromatic N) is 1. The zero-order chi connectivity index (χ0) is 15.4. The number of carbonyl (C=O) groups is 1. The lowest BCUT2D eigenvalue weighted by molar-refractivity contribution is 0.00982. The Balaban J connectivity index is 2.15. The quantitative estimate of drug-likeness (QED) is 0.638. The second kappa shape index (κ2) is 7.06. The van der Waals surface area contributed by atoms with Gasteiger partial charge in [0, 0.05) is 19.3 Å². The smallest absolute Gasteiger partial charge is 0.341 e. The van der Waals surface area contributed by atoms with Crippen LogP contribution in [-0.2, 0) is 9.47 Å². The van der Waals surface area contributed by atoms with Crippen LogP contribution in [0.3, 0.4) is 0 Å². The number of hydrogen-bond acceptors (Lipinski definition) is 6. The highest BCUT2D eigenvalue weighted by molar-refractivity contribution is 6.29. The molecule has 0 spiro atoms. The fourth-order valence-electron chi connectivity index (χ4n) is 2.49. The third kappa shape index (κ3) is 3.84. The van der Waals surface area contributed by atoms with Crippen molar-refractivity contribution in [2.45, 2.75) is 38.0 Å². The Hall–Kier alpha value is -1.37. The molecular formula is C14H19ClN2O4. The second-order valence-corrected chi connectivity index (χ2v) is 5.31. The van der Waals surface area contributed by atoms with Crippen molar-refractivity contribution in [3.05, 3.63) is 23.0 Å². The van der Waals surface area contributed by atoms with Crippen molar-refractivity contribution >= 4 is 23.3 Å². The van der Waals surface area contributed by atoms with Gasteiger partial charge in [-0.2, -0.15) is 0 Å². The average Bonchev–Trinajstić information content (AvgIpc) is 2.79. The number of aromatic nitrogens is 1. The van der Waals surface area contributed by atoms with Gasteiger partial charge in [-0.3, -0.25) is 0 Å². The number of carbonyl (C=O) groups excluding carboxylic acids is 1. The van der Waals surface area contributed by atoms with Gasteiger partial charge >= 0.3 is 5.97 Å². The number of nitrogens with one attached hydrogen (secondary N) is 1. The van der Waals surface area contributed by atoms with Gasteiger partial charge in [-0.1, -0.05) is 11.6 Å². The van der Waals surface area contributed by atoms with Crippen LogP contribution in [0.1, 0.15) is 30.1 Å². The van der Waals surface area contributed by atoms with Gasteiger partial charge in [-0.05, 0) is 25.8 Å². The zero-order valence-electron chi connectivity index (χ0n) is 12.0. The molecule has 0 amide bonds. The van der Waals surface area contributed by atoms with Crippen LogP contribution in [0.25, 0.3) is 0 Å². The molecule has 1 heterocycles. The molecule has 1 aliphatic rings. The van der Waals surface area contributed by atoms with Gasteiger partial charge in [0.2, 0.25) is 0 Å². The SMILES string of the molecule is CCOC(=O)c1cnc(Cl)cc1NC1CC(O)C(OC)C1. The van der Waals surface area contributed by atoms with Crippen molar-refractivity contribution in [2.75, 3.05) is 19.0 Å². The lowest BCUT2D eigenvalue weighted by Gasteiger charge is -2.16. The molecule has 6 nitrogen and oxygen atoms in total. The molecule has 1 aromatic rings. The summed E-state index contributed by atoms with van der Waals surface area (Å²) in [7, 11) is 1.57. The van der Waals surface area contributed by atoms with Gasteiger partial charge < -0.3 is 19.9 Å². The van der Waals surface area contributed by atoms with Crippen LogP contribution in [0.4, 0.5) is 5.69 Å². The molecule has 2 rings (SSSR count). The van der Waals surface area contributed by atoms with E-state index in [4.69, 9.17) is 21.1 Å². The van der Waals surface area contributed by atoms with Gasteiger partial charge in [-0.25, -0.2) is 9.78 Å². The molecule has 1 saturated carbocycles. The predicted molar refractivity (Wildman–Crippen MR) is 78.7 cm³/mol. The highest BCUT2D eigenvalue weighted by Crippen LogP contribution is 2.28. The van der Waals surface area contributed by atoms with E-state index < -0.39 is 12.1 Å². The Morgan fingerprint density at radius 3 is 2.95 bits per heavy atom. The Labute approximate surface area is 128 Å². The van der Waals surface area contributed by atoms with Crippen molar-refractivity contribution in [3.63, 3.8) is 0 Å². The van der Waals surface area contributed by atoms with E-state index >= 15 is 0 Å². The molecule has 1 aliphatic carbocycles. The van der Waals surface area contributed by atoms with Crippen molar-refractivity contribution in [3.8, 4) is 0 Å². The normalized spacial score (nSPS) is 24.9. The summed E-state index contributed by atoms with van der Waals surface area (Å²) in [4.78, 5) is 15.8. The largest absolute Gasteiger partial charge is 0.462 e. The van der Waals surface area contributed by atoms with Crippen molar-refractivity contribution in [1.82, 2.24) is 4.98 Å². The number of methoxy groups -OCH3 is 1. The Morgan fingerprint density at radius 1 is 1.57 bits per heavy atom. The monoisotopic (exact) mass is 314 g/mol. The maximum atomic E-state index is 11.9. The van der Waals surface area contributed by atoms with E-state index in [2.05, 4.69) is 10.3 Å². The highest BCUT2D eigenvalue weighted by Gasteiger charge is 2.33. The first-order chi connectivity index (χ1) is 10.0. The van der Waals surface area contributed by atoms with E-state index in [-0.39, 0.29) is 23.9 Å². The summed E-state index contributed by atoms with van der Waals surface area (Å²) >= 11 is 5.89. The zero-order valence-corrected chi connectivity index (χ0v) is 12.8. The Morgan fingerprint density at radius 2 is 2.33 bits per heavy atom. The Kier molecular flexibility index (Phi) is 5.39. The first-order valence-corrected chi connectivity index (χ1v) is 7.23. The minimum absolute atomic E-state index is 0.00315. The van der Waals surface area contributed by atoms with Crippen LogP contribution >= 0.6 is 11.6 Å². The molecule has 1 fully saturated rings. The summed E-state index contributed by atoms with van der Waals surface area (Å²) in [6.45, 7) is 2.03. The number of ether oxygens (including phenoxy) is 2. The maximum Gasteiger partial charge on any atom is 0.341 e.